The molecule has 146 valence electrons. The second-order valence-electron chi connectivity index (χ2n) is 6.96. The minimum atomic E-state index is -0.644. The van der Waals surface area contributed by atoms with Gasteiger partial charge in [0.2, 0.25) is 0 Å². The summed E-state index contributed by atoms with van der Waals surface area (Å²) < 4.78 is 6.08. The molecule has 0 atom stereocenters. The summed E-state index contributed by atoms with van der Waals surface area (Å²) >= 11 is 0. The smallest absolute Gasteiger partial charge is 0.140 e. The predicted molar refractivity (Wildman–Crippen MR) is 118 cm³/mol. The predicted octanol–water partition coefficient (Wildman–Crippen LogP) is 5.73. The van der Waals surface area contributed by atoms with Crippen molar-refractivity contribution in [3.8, 4) is 11.8 Å². The van der Waals surface area contributed by atoms with Crippen molar-refractivity contribution in [3.05, 3.63) is 131 Å². The summed E-state index contributed by atoms with van der Waals surface area (Å²) in [6.45, 7) is 2.56. The maximum absolute atomic E-state index is 9.26. The highest BCUT2D eigenvalue weighted by molar-refractivity contribution is 5.62. The largest absolute Gasteiger partial charge is 0.494 e. The molecule has 0 saturated heterocycles. The third kappa shape index (κ3) is 3.33. The number of hydrogen-bond acceptors (Lipinski definition) is 3. The number of pyridine rings is 1. The number of nitriles is 1. The number of ether oxygens (including phenoxy) is 1. The van der Waals surface area contributed by atoms with E-state index in [4.69, 9.17) is 4.74 Å². The SMILES string of the molecule is CCOc1ccccc1C(c1ccccc1)(c1ccccc1)c1ccc(C#N)nc1. The lowest BCUT2D eigenvalue weighted by molar-refractivity contribution is 0.333. The van der Waals surface area contributed by atoms with Crippen LogP contribution in [0.4, 0.5) is 0 Å². The van der Waals surface area contributed by atoms with Crippen LogP contribution in [0.3, 0.4) is 0 Å². The molecule has 0 N–H and O–H groups in total. The zero-order valence-electron chi connectivity index (χ0n) is 16.8. The molecule has 0 fully saturated rings. The van der Waals surface area contributed by atoms with E-state index in [1.54, 1.807) is 12.3 Å². The third-order valence-electron chi connectivity index (χ3n) is 5.32. The van der Waals surface area contributed by atoms with Gasteiger partial charge in [0, 0.05) is 11.8 Å². The van der Waals surface area contributed by atoms with Crippen LogP contribution in [0.25, 0.3) is 0 Å². The number of aromatic nitrogens is 1. The summed E-state index contributed by atoms with van der Waals surface area (Å²) in [7, 11) is 0. The van der Waals surface area contributed by atoms with E-state index in [2.05, 4.69) is 41.4 Å². The monoisotopic (exact) mass is 390 g/mol. The Morgan fingerprint density at radius 2 is 1.37 bits per heavy atom. The zero-order chi connectivity index (χ0) is 20.8. The first-order valence-electron chi connectivity index (χ1n) is 10.0. The van der Waals surface area contributed by atoms with Gasteiger partial charge in [-0.05, 0) is 35.7 Å². The topological polar surface area (TPSA) is 45.9 Å². The van der Waals surface area contributed by atoms with Crippen molar-refractivity contribution >= 4 is 0 Å². The Morgan fingerprint density at radius 3 is 1.90 bits per heavy atom. The van der Waals surface area contributed by atoms with Crippen LogP contribution in [0.5, 0.6) is 5.75 Å². The summed E-state index contributed by atoms with van der Waals surface area (Å²) in [5.74, 6) is 0.831. The van der Waals surface area contributed by atoms with Gasteiger partial charge in [-0.15, -0.1) is 0 Å². The van der Waals surface area contributed by atoms with Gasteiger partial charge in [-0.25, -0.2) is 4.98 Å². The lowest BCUT2D eigenvalue weighted by atomic mass is 9.65. The van der Waals surface area contributed by atoms with Crippen molar-refractivity contribution in [2.45, 2.75) is 12.3 Å². The molecule has 0 spiro atoms. The van der Waals surface area contributed by atoms with Gasteiger partial charge in [0.25, 0.3) is 0 Å². The minimum Gasteiger partial charge on any atom is -0.494 e. The van der Waals surface area contributed by atoms with Crippen molar-refractivity contribution in [1.82, 2.24) is 4.98 Å². The first-order chi connectivity index (χ1) is 14.8. The van der Waals surface area contributed by atoms with Crippen LogP contribution in [0.15, 0.2) is 103 Å². The van der Waals surface area contributed by atoms with Crippen LogP contribution < -0.4 is 4.74 Å². The normalized spacial score (nSPS) is 10.9. The number of rotatable bonds is 6. The molecule has 0 unspecified atom stereocenters. The summed E-state index contributed by atoms with van der Waals surface area (Å²) in [5.41, 5.74) is 3.98. The van der Waals surface area contributed by atoms with Gasteiger partial charge in [-0.3, -0.25) is 0 Å². The Balaban J connectivity index is 2.14. The van der Waals surface area contributed by atoms with Crippen LogP contribution in [-0.4, -0.2) is 11.6 Å². The highest BCUT2D eigenvalue weighted by atomic mass is 16.5. The molecule has 30 heavy (non-hydrogen) atoms. The molecule has 0 bridgehead atoms. The lowest BCUT2D eigenvalue weighted by Gasteiger charge is -2.37. The Labute approximate surface area is 177 Å². The quantitative estimate of drug-likeness (QED) is 0.395. The van der Waals surface area contributed by atoms with Crippen LogP contribution in [0.2, 0.25) is 0 Å². The third-order valence-corrected chi connectivity index (χ3v) is 5.32. The van der Waals surface area contributed by atoms with Crippen molar-refractivity contribution in [1.29, 1.82) is 5.26 Å². The van der Waals surface area contributed by atoms with Crippen LogP contribution in [0, 0.1) is 11.3 Å². The fraction of sp³-hybridized carbons (Fsp3) is 0.111. The molecule has 0 amide bonds. The van der Waals surface area contributed by atoms with E-state index in [1.165, 1.54) is 0 Å². The molecule has 0 aliphatic carbocycles. The number of hydrogen-bond donors (Lipinski definition) is 0. The molecule has 4 rings (SSSR count). The van der Waals surface area contributed by atoms with Gasteiger partial charge in [0.15, 0.2) is 0 Å². The first-order valence-corrected chi connectivity index (χ1v) is 10.0. The molecule has 1 aromatic heterocycles. The molecule has 3 heteroatoms. The van der Waals surface area contributed by atoms with E-state index in [9.17, 15) is 5.26 Å². The molecule has 0 radical (unpaired) electrons. The zero-order valence-corrected chi connectivity index (χ0v) is 16.8. The Kier molecular flexibility index (Phi) is 5.59. The van der Waals surface area contributed by atoms with E-state index in [1.807, 2.05) is 67.6 Å². The molecule has 4 aromatic rings. The van der Waals surface area contributed by atoms with E-state index in [0.29, 0.717) is 12.3 Å². The average Bonchev–Trinajstić information content (AvgIpc) is 2.83. The second-order valence-corrected chi connectivity index (χ2v) is 6.96. The van der Waals surface area contributed by atoms with Crippen LogP contribution in [0.1, 0.15) is 34.9 Å². The highest BCUT2D eigenvalue weighted by Crippen LogP contribution is 2.48. The van der Waals surface area contributed by atoms with Gasteiger partial charge in [-0.1, -0.05) is 84.9 Å². The van der Waals surface area contributed by atoms with Gasteiger partial charge < -0.3 is 4.74 Å². The molecule has 3 nitrogen and oxygen atoms in total. The van der Waals surface area contributed by atoms with E-state index >= 15 is 0 Å². The summed E-state index contributed by atoms with van der Waals surface area (Å²) in [5, 5.41) is 9.26. The highest BCUT2D eigenvalue weighted by Gasteiger charge is 2.40. The molecular weight excluding hydrogens is 368 g/mol. The van der Waals surface area contributed by atoms with Crippen molar-refractivity contribution in [2.75, 3.05) is 6.61 Å². The Morgan fingerprint density at radius 1 is 0.767 bits per heavy atom. The summed E-state index contributed by atoms with van der Waals surface area (Å²) in [6.07, 6.45) is 1.81. The Bertz CT molecular complexity index is 1110. The standard InChI is InChI=1S/C27H22N2O/c1-2-30-26-16-10-9-15-25(26)27(21-11-5-3-6-12-21,22-13-7-4-8-14-22)23-17-18-24(19-28)29-20-23/h3-18,20H,2H2,1H3. The Hall–Kier alpha value is -3.90. The number of nitrogens with zero attached hydrogens (tertiary/aromatic N) is 2. The van der Waals surface area contributed by atoms with Gasteiger partial charge in [0.1, 0.15) is 17.5 Å². The van der Waals surface area contributed by atoms with Gasteiger partial charge in [0.05, 0.1) is 12.0 Å². The van der Waals surface area contributed by atoms with E-state index < -0.39 is 5.41 Å². The number of benzene rings is 3. The number of para-hydroxylation sites is 1. The molecule has 3 aromatic carbocycles. The van der Waals surface area contributed by atoms with Crippen molar-refractivity contribution in [2.24, 2.45) is 0 Å². The fourth-order valence-electron chi connectivity index (χ4n) is 4.08. The van der Waals surface area contributed by atoms with Crippen LogP contribution >= 0.6 is 0 Å². The molecule has 1 heterocycles. The molecule has 0 aliphatic heterocycles. The first kappa shape index (κ1) is 19.4. The molecule has 0 saturated carbocycles. The van der Waals surface area contributed by atoms with Gasteiger partial charge >= 0.3 is 0 Å². The van der Waals surface area contributed by atoms with Crippen molar-refractivity contribution in [3.63, 3.8) is 0 Å². The van der Waals surface area contributed by atoms with E-state index in [-0.39, 0.29) is 0 Å². The van der Waals surface area contributed by atoms with Gasteiger partial charge in [-0.2, -0.15) is 5.26 Å². The lowest BCUT2D eigenvalue weighted by Crippen LogP contribution is -2.31. The fourth-order valence-corrected chi connectivity index (χ4v) is 4.08. The maximum atomic E-state index is 9.26. The second kappa shape index (κ2) is 8.63. The molecule has 0 aliphatic rings. The maximum Gasteiger partial charge on any atom is 0.140 e. The minimum absolute atomic E-state index is 0.395. The van der Waals surface area contributed by atoms with E-state index in [0.717, 1.165) is 28.0 Å². The summed E-state index contributed by atoms with van der Waals surface area (Å²) in [6, 6.07) is 34.8. The van der Waals surface area contributed by atoms with Crippen LogP contribution in [-0.2, 0) is 5.41 Å². The summed E-state index contributed by atoms with van der Waals surface area (Å²) in [4.78, 5) is 4.41. The average molecular weight is 390 g/mol. The molecular formula is C27H22N2O. The van der Waals surface area contributed by atoms with Crippen molar-refractivity contribution < 1.29 is 4.74 Å².